The van der Waals surface area contributed by atoms with Crippen LogP contribution in [0.1, 0.15) is 49.9 Å². The first-order valence-electron chi connectivity index (χ1n) is 35.7. The van der Waals surface area contributed by atoms with Gasteiger partial charge in [-0.1, -0.05) is 167 Å². The van der Waals surface area contributed by atoms with Gasteiger partial charge >= 0.3 is 0 Å². The van der Waals surface area contributed by atoms with E-state index in [0.29, 0.717) is 0 Å². The molecule has 0 amide bonds. The summed E-state index contributed by atoms with van der Waals surface area (Å²) in [6.45, 7) is -0.330. The molecule has 0 fully saturated rings. The maximum absolute atomic E-state index is 3.67. The van der Waals surface area contributed by atoms with Crippen molar-refractivity contribution in [3.63, 3.8) is 0 Å². The van der Waals surface area contributed by atoms with Gasteiger partial charge in [0.2, 0.25) is 0 Å². The van der Waals surface area contributed by atoms with Crippen LogP contribution in [0.2, 0.25) is 0 Å². The molecular weight excluding hydrogens is 2840 g/mol. The molecule has 38 unspecified atom stereocenters. The number of aromatic nitrogens is 1. The van der Waals surface area contributed by atoms with Crippen LogP contribution in [0.15, 0.2) is 182 Å². The minimum atomic E-state index is -0.370. The van der Waals surface area contributed by atoms with E-state index in [2.05, 4.69) is 541 Å². The standard InChI is InChI=1S/C54H42N2.H72P70/c1-53(2)45-29-11-8-22-39(45)42-26-16-32-48(50(42)53)55(49-33-17-27-43-40-23-9-12-30-46(40)54(3,4)51(43)49)37-21-14-18-35(34-37)38-25-15-28-44-41-24-10-13-31-47(41)56(52(38)44)36-19-6-5-7-20-36;1-37(2)55(38(3)4)64(56(39(5)6)40(7)8)68(63(53(33)34)54(35)36)70(67(61(49(25)26)50(27)28)62(51(29)30)52(31)32)69(65(57(41(9)10)42(11)12)58(43(13)14)44(15)16)66(59(45(17)18)46(19)20)60(47(21)22)48(23)24/h5-34H,1-4H3;1-36H2. The van der Waals surface area contributed by atoms with Crippen LogP contribution in [0.4, 0.5) is 17.1 Å². The van der Waals surface area contributed by atoms with Gasteiger partial charge < -0.3 is 9.47 Å². The summed E-state index contributed by atoms with van der Waals surface area (Å²) in [6.07, 6.45) is 0. The molecule has 0 saturated heterocycles. The largest absolute Gasteiger partial charge is 0.310 e. The lowest BCUT2D eigenvalue weighted by Crippen LogP contribution is -2.24. The number of hydrogen-bond acceptors (Lipinski definition) is 1. The van der Waals surface area contributed by atoms with Gasteiger partial charge in [0, 0.05) is 38.5 Å². The third-order valence-corrected chi connectivity index (χ3v) is 508. The van der Waals surface area contributed by atoms with E-state index in [-0.39, 0.29) is 248 Å². The molecule has 11 rings (SSSR count). The van der Waals surface area contributed by atoms with Gasteiger partial charge in [0.25, 0.3) is 0 Å². The summed E-state index contributed by atoms with van der Waals surface area (Å²) in [6, 6.07) is 67.4. The molecule has 8 aromatic carbocycles. The summed E-state index contributed by atoms with van der Waals surface area (Å²) in [5.74, 6) is 0. The van der Waals surface area contributed by atoms with E-state index in [0.717, 1.165) is 11.4 Å². The van der Waals surface area contributed by atoms with Crippen LogP contribution < -0.4 is 4.90 Å². The normalized spacial score (nSPS) is 15.0. The molecule has 0 spiro atoms. The highest BCUT2D eigenvalue weighted by molar-refractivity contribution is 9.56. The fourth-order valence-corrected chi connectivity index (χ4v) is 1040. The van der Waals surface area contributed by atoms with E-state index in [1.165, 1.54) is 88.8 Å². The molecule has 2 aliphatic carbocycles. The zero-order valence-electron chi connectivity index (χ0n) is 68.2. The highest BCUT2D eigenvalue weighted by atomic mass is 33.6. The Hall–Kier alpha value is 23.5. The number of rotatable bonds is 38. The number of benzene rings is 8. The van der Waals surface area contributed by atoms with Gasteiger partial charge in [-0.3, -0.25) is 0 Å². The maximum Gasteiger partial charge on any atom is 0.0619 e. The molecular formula is C54H114N2P70. The van der Waals surface area contributed by atoms with Gasteiger partial charge in [-0.05, 0) is 330 Å². The van der Waals surface area contributed by atoms with Crippen molar-refractivity contribution in [1.82, 2.24) is 4.57 Å². The SMILES string of the molecule is CC1(C)c2ccccc2-c2cccc(N(c3cccc(-c4cccc5c6ccccc6n(-c6ccccc6)c45)c3)c3cccc4c3C(C)(C)c3ccccc3-4)c21.PP(P)P(P(P)P)P(P(P(P)P)P(P)P)P(P(P(P)P)P(P)P)P(P(P(P(P)P)P(P)P)P(P(P)P)P(P)P)P(P(P(P(P)P)P(P)P)P(P(P)P)P(P)P)P(P(P(P)P)P(P)P)P(P(P)P)P(P)P. The first-order chi connectivity index (χ1) is 59.1. The monoisotopic (exact) mass is 2960 g/mol. The predicted molar refractivity (Wildman–Crippen MR) is 821 cm³/mol. The zero-order chi connectivity index (χ0) is 93.4. The molecule has 126 heavy (non-hydrogen) atoms. The Bertz CT molecular complexity index is 4750. The van der Waals surface area contributed by atoms with E-state index in [4.69, 9.17) is 0 Å². The van der Waals surface area contributed by atoms with Crippen LogP contribution >= 0.6 is 559 Å². The summed E-state index contributed by atoms with van der Waals surface area (Å²) in [5.41, 5.74) is 19.9. The van der Waals surface area contributed by atoms with Crippen molar-refractivity contribution in [3.8, 4) is 39.1 Å². The lowest BCUT2D eigenvalue weighted by molar-refractivity contribution is 0.656. The van der Waals surface area contributed by atoms with Gasteiger partial charge in [0.15, 0.2) is 0 Å². The number of nitrogens with zero attached hydrogens (tertiary/aromatic N) is 2. The molecule has 2 aliphatic rings. The van der Waals surface area contributed by atoms with Crippen LogP contribution in [-0.4, -0.2) is 4.57 Å². The van der Waals surface area contributed by atoms with E-state index >= 15 is 0 Å². The van der Waals surface area contributed by atoms with Gasteiger partial charge in [0.1, 0.15) is 0 Å². The van der Waals surface area contributed by atoms with Crippen LogP contribution in [-0.2, 0) is 10.8 Å². The van der Waals surface area contributed by atoms with Gasteiger partial charge in [-0.25, -0.2) is 0 Å². The molecule has 690 valence electrons. The molecule has 0 aliphatic heterocycles. The molecule has 0 N–H and O–H groups in total. The second kappa shape index (κ2) is 62.4. The summed E-state index contributed by atoms with van der Waals surface area (Å²) >= 11 is 0. The summed E-state index contributed by atoms with van der Waals surface area (Å²) in [5, 5.41) is 2.51. The Morgan fingerprint density at radius 1 is 0.222 bits per heavy atom. The van der Waals surface area contributed by atoms with Crippen LogP contribution in [0.25, 0.3) is 60.9 Å². The maximum atomic E-state index is 3.67. The summed E-state index contributed by atoms with van der Waals surface area (Å²) in [4.78, 5) is 2.58. The van der Waals surface area contributed by atoms with E-state index in [9.17, 15) is 0 Å². The van der Waals surface area contributed by atoms with Crippen LogP contribution in [0.5, 0.6) is 0 Å². The smallest absolute Gasteiger partial charge is 0.0619 e. The number of fused-ring (bicyclic) bond motifs is 9. The highest BCUT2D eigenvalue weighted by Crippen LogP contribution is 3.50. The Morgan fingerprint density at radius 2 is 0.468 bits per heavy atom. The molecule has 1 aromatic heterocycles. The topological polar surface area (TPSA) is 8.17 Å². The lowest BCUT2D eigenvalue weighted by atomic mass is 9.80. The first kappa shape index (κ1) is 131. The fourth-order valence-electron chi connectivity index (χ4n) is 14.6. The quantitative estimate of drug-likeness (QED) is 0.0350. The predicted octanol–water partition coefficient (Wildman–Crippen LogP) is 55.5. The number of hydrogen-bond donors (Lipinski definition) is 0. The number of para-hydroxylation sites is 3. The van der Waals surface area contributed by atoms with Crippen molar-refractivity contribution in [2.45, 2.75) is 38.5 Å². The van der Waals surface area contributed by atoms with Gasteiger partial charge in [-0.2, -0.15) is 0 Å². The minimum absolute atomic E-state index is 0.197. The Balaban J connectivity index is 0.000000267. The highest BCUT2D eigenvalue weighted by Gasteiger charge is 2.64. The molecule has 72 heteroatoms. The number of anilines is 3. The Kier molecular flexibility index (Phi) is 65.0. The van der Waals surface area contributed by atoms with Crippen LogP contribution in [0.3, 0.4) is 0 Å². The molecule has 1 heterocycles. The van der Waals surface area contributed by atoms with Crippen molar-refractivity contribution in [2.24, 2.45) is 0 Å². The summed E-state index contributed by atoms with van der Waals surface area (Å²) in [7, 11) is 130. The van der Waals surface area contributed by atoms with Crippen molar-refractivity contribution >= 4 is 598 Å². The third-order valence-electron chi connectivity index (χ3n) is 18.8. The van der Waals surface area contributed by atoms with Gasteiger partial charge in [-0.15, -0.1) is 321 Å². The minimum Gasteiger partial charge on any atom is -0.310 e. The summed E-state index contributed by atoms with van der Waals surface area (Å²) < 4.78 is 2.44. The van der Waals surface area contributed by atoms with Gasteiger partial charge in [0.05, 0.1) is 22.4 Å². The first-order valence-corrected chi connectivity index (χ1v) is 163. The van der Waals surface area contributed by atoms with Crippen molar-refractivity contribution in [2.75, 3.05) is 4.90 Å². The Labute approximate surface area is 877 Å². The second-order valence-electron chi connectivity index (χ2n) is 27.6. The van der Waals surface area contributed by atoms with Crippen molar-refractivity contribution in [1.29, 1.82) is 0 Å². The molecule has 2 nitrogen and oxygen atoms in total. The molecule has 0 saturated carbocycles. The third kappa shape index (κ3) is 32.4. The van der Waals surface area contributed by atoms with Crippen molar-refractivity contribution in [3.05, 3.63) is 204 Å². The molecule has 0 radical (unpaired) electrons. The lowest BCUT2D eigenvalue weighted by Gasteiger charge is -2.61. The molecule has 0 bridgehead atoms. The van der Waals surface area contributed by atoms with E-state index in [1.54, 1.807) is 0 Å². The fraction of sp³-hybridized carbons (Fsp3) is 0.111. The van der Waals surface area contributed by atoms with Crippen molar-refractivity contribution < 1.29 is 0 Å². The average molecular weight is 2960 g/mol. The second-order valence-corrected chi connectivity index (χ2v) is 317. The molecule has 9 aromatic rings. The molecule has 38 atom stereocenters. The van der Waals surface area contributed by atoms with E-state index in [1.807, 2.05) is 0 Å². The van der Waals surface area contributed by atoms with Crippen LogP contribution in [0, 0.1) is 0 Å². The average Bonchev–Trinajstić information content (AvgIpc) is 1.59. The zero-order valence-corrected chi connectivity index (χ0v) is 140. The van der Waals surface area contributed by atoms with E-state index < -0.39 is 0 Å². The Morgan fingerprint density at radius 3 is 0.794 bits per heavy atom.